The first-order valence-electron chi connectivity index (χ1n) is 10.6. The lowest BCUT2D eigenvalue weighted by atomic mass is 9.48. The Labute approximate surface area is 201 Å². The van der Waals surface area contributed by atoms with Crippen molar-refractivity contribution < 1.29 is 9.59 Å². The van der Waals surface area contributed by atoms with E-state index in [-0.39, 0.29) is 11.6 Å². The Bertz CT molecular complexity index is 1580. The summed E-state index contributed by atoms with van der Waals surface area (Å²) in [4.78, 5) is 27.9. The van der Waals surface area contributed by atoms with Gasteiger partial charge in [0.2, 0.25) is 0 Å². The van der Waals surface area contributed by atoms with E-state index >= 15 is 0 Å². The van der Waals surface area contributed by atoms with Gasteiger partial charge in [-0.1, -0.05) is 48.5 Å². The van der Waals surface area contributed by atoms with Gasteiger partial charge in [-0.3, -0.25) is 9.59 Å². The van der Waals surface area contributed by atoms with Crippen LogP contribution in [0.4, 0.5) is 0 Å². The van der Waals surface area contributed by atoms with Crippen molar-refractivity contribution in [1.82, 2.24) is 0 Å². The average Bonchev–Trinajstić information content (AvgIpc) is 2.79. The second kappa shape index (κ2) is 5.67. The normalized spacial score (nSPS) is 25.6. The Hall–Kier alpha value is -2.56. The van der Waals surface area contributed by atoms with Crippen molar-refractivity contribution in [2.45, 2.75) is 24.7 Å². The number of ketones is 2. The fourth-order valence-corrected chi connectivity index (χ4v) is 7.83. The molecule has 4 aromatic rings. The van der Waals surface area contributed by atoms with Gasteiger partial charge in [0, 0.05) is 0 Å². The van der Waals surface area contributed by atoms with Crippen LogP contribution in [0.1, 0.15) is 36.1 Å². The minimum absolute atomic E-state index is 0.0442. The summed E-state index contributed by atoms with van der Waals surface area (Å²) in [5.41, 5.74) is 1.89. The second-order valence-electron chi connectivity index (χ2n) is 9.34. The second-order valence-corrected chi connectivity index (χ2v) is 11.1. The molecule has 0 radical (unpaired) electrons. The highest BCUT2D eigenvalue weighted by Crippen LogP contribution is 2.62. The summed E-state index contributed by atoms with van der Waals surface area (Å²) in [6, 6.07) is 17.0. The molecule has 2 nitrogen and oxygen atoms in total. The highest BCUT2D eigenvalue weighted by molar-refractivity contribution is 9.12. The number of hydrogen-bond acceptors (Lipinski definition) is 2. The topological polar surface area (TPSA) is 34.1 Å². The van der Waals surface area contributed by atoms with Crippen LogP contribution in [-0.2, 0) is 20.4 Å². The molecule has 3 aliphatic rings. The Morgan fingerprint density at radius 2 is 1.00 bits per heavy atom. The van der Waals surface area contributed by atoms with Crippen molar-refractivity contribution in [2.75, 3.05) is 0 Å². The smallest absolute Gasteiger partial charge is 0.181 e. The van der Waals surface area contributed by atoms with Gasteiger partial charge in [-0.15, -0.1) is 0 Å². The van der Waals surface area contributed by atoms with Crippen LogP contribution in [0, 0.1) is 0 Å². The van der Waals surface area contributed by atoms with Crippen LogP contribution in [0.25, 0.3) is 44.5 Å². The fourth-order valence-electron chi connectivity index (χ4n) is 6.54. The molecule has 0 bridgehead atoms. The molecule has 0 saturated carbocycles. The number of rotatable bonds is 0. The van der Waals surface area contributed by atoms with E-state index in [0.29, 0.717) is 8.96 Å². The van der Waals surface area contributed by atoms with Gasteiger partial charge in [0.1, 0.15) is 0 Å². The molecule has 2 unspecified atom stereocenters. The summed E-state index contributed by atoms with van der Waals surface area (Å²) < 4.78 is 1.04. The first-order valence-corrected chi connectivity index (χ1v) is 12.2. The van der Waals surface area contributed by atoms with Crippen molar-refractivity contribution in [3.8, 4) is 0 Å². The number of allylic oxidation sites excluding steroid dienone is 2. The predicted octanol–water partition coefficient (Wildman–Crippen LogP) is 7.31. The Morgan fingerprint density at radius 3 is 1.41 bits per heavy atom. The molecular formula is C28H16Br2O2. The van der Waals surface area contributed by atoms with Crippen LogP contribution < -0.4 is 0 Å². The zero-order chi connectivity index (χ0) is 22.2. The number of halogens is 2. The number of hydrogen-bond donors (Lipinski definition) is 0. The Kier molecular flexibility index (Phi) is 3.36. The number of Topliss-reactive ketones (excluding diaryl/α,β-unsaturated/α-hetero) is 2. The van der Waals surface area contributed by atoms with Crippen molar-refractivity contribution >= 4 is 87.9 Å². The van der Waals surface area contributed by atoms with Gasteiger partial charge in [-0.05, 0) is 112 Å². The fraction of sp³-hybridized carbons (Fsp3) is 0.143. The Morgan fingerprint density at radius 1 is 0.594 bits per heavy atom. The van der Waals surface area contributed by atoms with Crippen molar-refractivity contribution in [3.05, 3.63) is 79.7 Å². The molecule has 0 aliphatic heterocycles. The van der Waals surface area contributed by atoms with Gasteiger partial charge in [0.25, 0.3) is 0 Å². The van der Waals surface area contributed by atoms with E-state index in [1.165, 1.54) is 10.8 Å². The van der Waals surface area contributed by atoms with E-state index < -0.39 is 10.8 Å². The summed E-state index contributed by atoms with van der Waals surface area (Å²) in [7, 11) is 0. The van der Waals surface area contributed by atoms with Crippen molar-refractivity contribution in [3.63, 3.8) is 0 Å². The zero-order valence-corrected chi connectivity index (χ0v) is 20.5. The monoisotopic (exact) mass is 542 g/mol. The molecule has 2 atom stereocenters. The summed E-state index contributed by atoms with van der Waals surface area (Å²) in [6.45, 7) is 3.93. The van der Waals surface area contributed by atoms with Crippen LogP contribution in [0.3, 0.4) is 0 Å². The summed E-state index contributed by atoms with van der Waals surface area (Å²) in [5.74, 6) is -0.0883. The molecule has 0 N–H and O–H groups in total. The molecule has 0 amide bonds. The quantitative estimate of drug-likeness (QED) is 0.218. The van der Waals surface area contributed by atoms with Crippen LogP contribution in [0.15, 0.2) is 57.5 Å². The standard InChI is InChI=1S/C28H16Br2O2/c1-27-23-13(11-19(29)25(27)31)7-9-17-15-5-3-4-6-16(15)18-10-8-14-12-20(30)26(32)28(27,2)24(14)22(18)21(17)23/h3-12H,1-2H3. The minimum Gasteiger partial charge on any atom is -0.293 e. The van der Waals surface area contributed by atoms with E-state index in [9.17, 15) is 9.59 Å². The van der Waals surface area contributed by atoms with Crippen LogP contribution >= 0.6 is 31.9 Å². The zero-order valence-electron chi connectivity index (χ0n) is 17.3. The molecule has 0 saturated heterocycles. The van der Waals surface area contributed by atoms with Gasteiger partial charge >= 0.3 is 0 Å². The first kappa shape index (κ1) is 19.0. The molecule has 3 aliphatic carbocycles. The average molecular weight is 544 g/mol. The third-order valence-corrected chi connectivity index (χ3v) is 9.32. The third kappa shape index (κ3) is 1.79. The SMILES string of the molecule is CC12C(=O)C(Br)=Cc3ccc4c5ccccc5c5ccc6c(c5c4c31)C2(C)C(=O)C(Br)=C6. The predicted molar refractivity (Wildman–Crippen MR) is 137 cm³/mol. The van der Waals surface area contributed by atoms with Crippen molar-refractivity contribution in [1.29, 1.82) is 0 Å². The van der Waals surface area contributed by atoms with Gasteiger partial charge in [0.05, 0.1) is 19.8 Å². The molecule has 4 aromatic carbocycles. The number of benzene rings is 4. The van der Waals surface area contributed by atoms with Gasteiger partial charge in [-0.2, -0.15) is 0 Å². The summed E-state index contributed by atoms with van der Waals surface area (Å²) >= 11 is 7.06. The largest absolute Gasteiger partial charge is 0.293 e. The maximum atomic E-state index is 14.0. The van der Waals surface area contributed by atoms with Gasteiger partial charge in [0.15, 0.2) is 11.6 Å². The lowest BCUT2D eigenvalue weighted by Gasteiger charge is -2.52. The Balaban J connectivity index is 1.92. The summed E-state index contributed by atoms with van der Waals surface area (Å²) in [5, 5.41) is 6.82. The molecule has 7 rings (SSSR count). The van der Waals surface area contributed by atoms with E-state index in [2.05, 4.69) is 80.4 Å². The van der Waals surface area contributed by atoms with Crippen LogP contribution in [-0.4, -0.2) is 11.6 Å². The molecule has 0 heterocycles. The molecule has 32 heavy (non-hydrogen) atoms. The number of carbonyl (C=O) groups is 2. The lowest BCUT2D eigenvalue weighted by Crippen LogP contribution is -2.59. The molecule has 0 fully saturated rings. The molecule has 154 valence electrons. The third-order valence-electron chi connectivity index (χ3n) is 8.14. The van der Waals surface area contributed by atoms with Crippen LogP contribution in [0.2, 0.25) is 0 Å². The van der Waals surface area contributed by atoms with Crippen molar-refractivity contribution in [2.24, 2.45) is 0 Å². The first-order chi connectivity index (χ1) is 15.3. The molecule has 0 spiro atoms. The van der Waals surface area contributed by atoms with E-state index in [1.54, 1.807) is 0 Å². The molecular weight excluding hydrogens is 528 g/mol. The maximum Gasteiger partial charge on any atom is 0.181 e. The van der Waals surface area contributed by atoms with Gasteiger partial charge in [-0.25, -0.2) is 0 Å². The van der Waals surface area contributed by atoms with Gasteiger partial charge < -0.3 is 0 Å². The lowest BCUT2D eigenvalue weighted by molar-refractivity contribution is -0.130. The number of fused-ring (bicyclic) bond motifs is 4. The highest BCUT2D eigenvalue weighted by atomic mass is 79.9. The number of carbonyl (C=O) groups excluding carboxylic acids is 2. The summed E-state index contributed by atoms with van der Waals surface area (Å²) in [6.07, 6.45) is 3.83. The van der Waals surface area contributed by atoms with E-state index in [4.69, 9.17) is 0 Å². The minimum atomic E-state index is -1.03. The molecule has 0 aromatic heterocycles. The maximum absolute atomic E-state index is 14.0. The van der Waals surface area contributed by atoms with Crippen LogP contribution in [0.5, 0.6) is 0 Å². The highest BCUT2D eigenvalue weighted by Gasteiger charge is 2.63. The molecule has 4 heteroatoms. The van der Waals surface area contributed by atoms with E-state index in [0.717, 1.165) is 43.8 Å². The van der Waals surface area contributed by atoms with E-state index in [1.807, 2.05) is 26.0 Å².